The van der Waals surface area contributed by atoms with E-state index in [-0.39, 0.29) is 0 Å². The van der Waals surface area contributed by atoms with E-state index in [1.165, 1.54) is 6.33 Å². The topological polar surface area (TPSA) is 51.8 Å². The molecule has 0 saturated heterocycles. The minimum Gasteiger partial charge on any atom is -0.443 e. The number of halogens is 2. The lowest BCUT2D eigenvalue weighted by Gasteiger charge is -2.03. The van der Waals surface area contributed by atoms with Gasteiger partial charge in [0.15, 0.2) is 0 Å². The van der Waals surface area contributed by atoms with Gasteiger partial charge in [-0.2, -0.15) is 0 Å². The summed E-state index contributed by atoms with van der Waals surface area (Å²) < 4.78 is 5.34. The minimum absolute atomic E-state index is 0.464. The number of hydrogen-bond acceptors (Lipinski definition) is 4. The van der Waals surface area contributed by atoms with E-state index in [1.807, 2.05) is 13.0 Å². The molecule has 20 heavy (non-hydrogen) atoms. The third-order valence-electron chi connectivity index (χ3n) is 2.72. The van der Waals surface area contributed by atoms with Crippen molar-refractivity contribution in [3.8, 4) is 22.8 Å². The summed E-state index contributed by atoms with van der Waals surface area (Å²) in [5, 5.41) is 0.990. The van der Waals surface area contributed by atoms with Gasteiger partial charge >= 0.3 is 0 Å². The molecule has 0 radical (unpaired) electrons. The Labute approximate surface area is 125 Å². The molecule has 3 aromatic rings. The van der Waals surface area contributed by atoms with Crippen LogP contribution < -0.4 is 0 Å². The van der Waals surface area contributed by atoms with Crippen molar-refractivity contribution < 1.29 is 4.42 Å². The Balaban J connectivity index is 2.04. The standard InChI is InChI=1S/C14H9Cl2N3O/c1-8-6-20-14(19-8)13-5-12(17-7-18-13)9-2-3-10(15)11(16)4-9/h2-7H,1H3. The van der Waals surface area contributed by atoms with E-state index in [9.17, 15) is 0 Å². The minimum atomic E-state index is 0.464. The van der Waals surface area contributed by atoms with E-state index in [1.54, 1.807) is 24.5 Å². The first-order chi connectivity index (χ1) is 9.63. The van der Waals surface area contributed by atoms with Crippen LogP contribution in [-0.2, 0) is 0 Å². The third kappa shape index (κ3) is 2.53. The van der Waals surface area contributed by atoms with E-state index in [0.717, 1.165) is 17.0 Å². The molecule has 0 unspecified atom stereocenters. The fraction of sp³-hybridized carbons (Fsp3) is 0.0714. The van der Waals surface area contributed by atoms with Gasteiger partial charge < -0.3 is 4.42 Å². The van der Waals surface area contributed by atoms with Gasteiger partial charge in [-0.15, -0.1) is 0 Å². The molecule has 0 bridgehead atoms. The summed E-state index contributed by atoms with van der Waals surface area (Å²) in [6.07, 6.45) is 3.04. The smallest absolute Gasteiger partial charge is 0.245 e. The molecular formula is C14H9Cl2N3O. The van der Waals surface area contributed by atoms with E-state index in [4.69, 9.17) is 27.6 Å². The number of aromatic nitrogens is 3. The Bertz CT molecular complexity index is 771. The first-order valence-corrected chi connectivity index (χ1v) is 6.59. The summed E-state index contributed by atoms with van der Waals surface area (Å²) in [6.45, 7) is 1.86. The van der Waals surface area contributed by atoms with Crippen LogP contribution in [0.4, 0.5) is 0 Å². The fourth-order valence-corrected chi connectivity index (χ4v) is 2.06. The summed E-state index contributed by atoms with van der Waals surface area (Å²) in [6, 6.07) is 7.14. The van der Waals surface area contributed by atoms with Gasteiger partial charge in [0, 0.05) is 5.56 Å². The normalized spacial score (nSPS) is 10.8. The second-order valence-corrected chi connectivity index (χ2v) is 5.03. The molecule has 0 spiro atoms. The molecule has 0 fully saturated rings. The molecule has 3 rings (SSSR count). The number of hydrogen-bond donors (Lipinski definition) is 0. The summed E-state index contributed by atoms with van der Waals surface area (Å²) in [7, 11) is 0. The van der Waals surface area contributed by atoms with Gasteiger partial charge in [0.1, 0.15) is 18.3 Å². The Morgan fingerprint density at radius 2 is 1.80 bits per heavy atom. The number of nitrogens with zero attached hydrogens (tertiary/aromatic N) is 3. The van der Waals surface area contributed by atoms with E-state index in [0.29, 0.717) is 21.6 Å². The van der Waals surface area contributed by atoms with Crippen LogP contribution in [0.1, 0.15) is 5.69 Å². The van der Waals surface area contributed by atoms with Crippen LogP contribution in [0.5, 0.6) is 0 Å². The highest BCUT2D eigenvalue weighted by Gasteiger charge is 2.09. The maximum absolute atomic E-state index is 6.02. The molecule has 0 N–H and O–H groups in total. The van der Waals surface area contributed by atoms with Crippen molar-refractivity contribution in [3.63, 3.8) is 0 Å². The molecule has 6 heteroatoms. The van der Waals surface area contributed by atoms with Crippen molar-refractivity contribution in [3.05, 3.63) is 52.6 Å². The van der Waals surface area contributed by atoms with Crippen molar-refractivity contribution in [2.45, 2.75) is 6.92 Å². The maximum Gasteiger partial charge on any atom is 0.245 e. The van der Waals surface area contributed by atoms with Gasteiger partial charge in [-0.1, -0.05) is 29.3 Å². The van der Waals surface area contributed by atoms with Crippen molar-refractivity contribution in [2.75, 3.05) is 0 Å². The molecule has 0 atom stereocenters. The second kappa shape index (κ2) is 5.23. The Kier molecular flexibility index (Phi) is 3.42. The Morgan fingerprint density at radius 1 is 1.00 bits per heavy atom. The van der Waals surface area contributed by atoms with Crippen molar-refractivity contribution in [1.29, 1.82) is 0 Å². The number of benzene rings is 1. The molecule has 2 heterocycles. The van der Waals surface area contributed by atoms with E-state index < -0.39 is 0 Å². The predicted molar refractivity (Wildman–Crippen MR) is 77.7 cm³/mol. The van der Waals surface area contributed by atoms with Crippen LogP contribution in [0.3, 0.4) is 0 Å². The van der Waals surface area contributed by atoms with Gasteiger partial charge in [-0.05, 0) is 25.1 Å². The molecule has 0 aliphatic carbocycles. The summed E-state index contributed by atoms with van der Waals surface area (Å²) in [5.41, 5.74) is 3.00. The highest BCUT2D eigenvalue weighted by Crippen LogP contribution is 2.28. The van der Waals surface area contributed by atoms with E-state index >= 15 is 0 Å². The number of aryl methyl sites for hydroxylation is 1. The van der Waals surface area contributed by atoms with Crippen molar-refractivity contribution >= 4 is 23.2 Å². The van der Waals surface area contributed by atoms with Gasteiger partial charge in [-0.25, -0.2) is 15.0 Å². The van der Waals surface area contributed by atoms with Crippen LogP contribution >= 0.6 is 23.2 Å². The molecule has 0 aliphatic heterocycles. The number of rotatable bonds is 2. The van der Waals surface area contributed by atoms with Crippen LogP contribution in [0.25, 0.3) is 22.8 Å². The summed E-state index contributed by atoms with van der Waals surface area (Å²) in [5.74, 6) is 0.464. The zero-order valence-electron chi connectivity index (χ0n) is 10.5. The molecule has 2 aromatic heterocycles. The zero-order valence-corrected chi connectivity index (χ0v) is 12.0. The number of oxazole rings is 1. The Morgan fingerprint density at radius 3 is 2.50 bits per heavy atom. The zero-order chi connectivity index (χ0) is 14.1. The molecule has 0 saturated carbocycles. The van der Waals surface area contributed by atoms with Gasteiger partial charge in [0.25, 0.3) is 0 Å². The lowest BCUT2D eigenvalue weighted by atomic mass is 10.1. The van der Waals surface area contributed by atoms with Crippen molar-refractivity contribution in [1.82, 2.24) is 15.0 Å². The van der Waals surface area contributed by atoms with Crippen LogP contribution in [-0.4, -0.2) is 15.0 Å². The predicted octanol–water partition coefficient (Wildman–Crippen LogP) is 4.41. The molecule has 100 valence electrons. The van der Waals surface area contributed by atoms with E-state index in [2.05, 4.69) is 15.0 Å². The average molecular weight is 306 g/mol. The quantitative estimate of drug-likeness (QED) is 0.703. The largest absolute Gasteiger partial charge is 0.443 e. The third-order valence-corrected chi connectivity index (χ3v) is 3.46. The summed E-state index contributed by atoms with van der Waals surface area (Å²) >= 11 is 11.9. The molecule has 0 aliphatic rings. The average Bonchev–Trinajstić information content (AvgIpc) is 2.89. The second-order valence-electron chi connectivity index (χ2n) is 4.21. The maximum atomic E-state index is 6.02. The Hall–Kier alpha value is -1.91. The van der Waals surface area contributed by atoms with Crippen LogP contribution in [0.15, 0.2) is 41.3 Å². The first-order valence-electron chi connectivity index (χ1n) is 5.83. The molecule has 0 amide bonds. The molecule has 1 aromatic carbocycles. The highest BCUT2D eigenvalue weighted by molar-refractivity contribution is 6.42. The van der Waals surface area contributed by atoms with Crippen LogP contribution in [0, 0.1) is 6.92 Å². The van der Waals surface area contributed by atoms with Gasteiger partial charge in [0.2, 0.25) is 5.89 Å². The first kappa shape index (κ1) is 13.1. The highest BCUT2D eigenvalue weighted by atomic mass is 35.5. The summed E-state index contributed by atoms with van der Waals surface area (Å²) in [4.78, 5) is 12.6. The van der Waals surface area contributed by atoms with Gasteiger partial charge in [-0.3, -0.25) is 0 Å². The van der Waals surface area contributed by atoms with Crippen molar-refractivity contribution in [2.24, 2.45) is 0 Å². The fourth-order valence-electron chi connectivity index (χ4n) is 1.76. The lowest BCUT2D eigenvalue weighted by Crippen LogP contribution is -1.89. The lowest BCUT2D eigenvalue weighted by molar-refractivity contribution is 0.571. The van der Waals surface area contributed by atoms with Crippen LogP contribution in [0.2, 0.25) is 10.0 Å². The molecular weight excluding hydrogens is 297 g/mol. The molecule has 4 nitrogen and oxygen atoms in total. The monoisotopic (exact) mass is 305 g/mol. The SMILES string of the molecule is Cc1coc(-c2cc(-c3ccc(Cl)c(Cl)c3)ncn2)n1. The van der Waals surface area contributed by atoms with Gasteiger partial charge in [0.05, 0.1) is 21.4 Å².